The Bertz CT molecular complexity index is 1630. The summed E-state index contributed by atoms with van der Waals surface area (Å²) in [6.07, 6.45) is 1.02. The lowest BCUT2D eigenvalue weighted by atomic mass is 10.1. The molecule has 0 atom stereocenters. The van der Waals surface area contributed by atoms with E-state index in [9.17, 15) is 18.0 Å². The number of benzene rings is 1. The van der Waals surface area contributed by atoms with E-state index in [0.717, 1.165) is 17.8 Å². The van der Waals surface area contributed by atoms with Gasteiger partial charge in [0, 0.05) is 29.3 Å². The molecule has 5 rings (SSSR count). The number of pyridine rings is 2. The average Bonchev–Trinajstić information content (AvgIpc) is 3.35. The smallest absolute Gasteiger partial charge is 0.341 e. The number of anilines is 3. The van der Waals surface area contributed by atoms with Crippen LogP contribution in [0.15, 0.2) is 61.4 Å². The summed E-state index contributed by atoms with van der Waals surface area (Å²) in [4.78, 5) is 36.7. The van der Waals surface area contributed by atoms with Gasteiger partial charge in [0.2, 0.25) is 0 Å². The lowest BCUT2D eigenvalue weighted by Crippen LogP contribution is -2.17. The number of hydrogen-bond acceptors (Lipinski definition) is 7. The zero-order valence-corrected chi connectivity index (χ0v) is 19.6. The van der Waals surface area contributed by atoms with Gasteiger partial charge in [0.15, 0.2) is 5.65 Å². The highest BCUT2D eigenvalue weighted by Crippen LogP contribution is 2.33. The number of H-pyrrole nitrogens is 1. The van der Waals surface area contributed by atoms with Crippen molar-refractivity contribution in [2.45, 2.75) is 20.0 Å². The van der Waals surface area contributed by atoms with Crippen molar-refractivity contribution in [2.75, 3.05) is 10.6 Å². The topological polar surface area (TPSA) is 121 Å². The van der Waals surface area contributed by atoms with Crippen molar-refractivity contribution in [3.8, 4) is 11.3 Å². The number of aryl methyl sites for hydroxylation is 2. The lowest BCUT2D eigenvalue weighted by molar-refractivity contribution is -0.138. The summed E-state index contributed by atoms with van der Waals surface area (Å²) in [5.41, 5.74) is 2.99. The molecule has 9 nitrogen and oxygen atoms in total. The fourth-order valence-corrected chi connectivity index (χ4v) is 3.78. The Morgan fingerprint density at radius 1 is 0.973 bits per heavy atom. The number of aromatic amines is 1. The Morgan fingerprint density at radius 2 is 1.81 bits per heavy atom. The van der Waals surface area contributed by atoms with E-state index in [4.69, 9.17) is 0 Å². The van der Waals surface area contributed by atoms with Gasteiger partial charge in [-0.05, 0) is 55.3 Å². The van der Waals surface area contributed by atoms with Gasteiger partial charge < -0.3 is 15.6 Å². The molecule has 37 heavy (non-hydrogen) atoms. The molecule has 1 amide bonds. The Kier molecular flexibility index (Phi) is 5.99. The van der Waals surface area contributed by atoms with Gasteiger partial charge in [-0.3, -0.25) is 9.78 Å². The summed E-state index contributed by atoms with van der Waals surface area (Å²) < 4.78 is 39.8. The van der Waals surface area contributed by atoms with Gasteiger partial charge in [0.05, 0.1) is 11.9 Å². The van der Waals surface area contributed by atoms with Crippen LogP contribution in [0.2, 0.25) is 0 Å². The van der Waals surface area contributed by atoms with Gasteiger partial charge in [-0.1, -0.05) is 6.07 Å². The minimum atomic E-state index is -4.59. The predicted molar refractivity (Wildman–Crippen MR) is 131 cm³/mol. The van der Waals surface area contributed by atoms with Crippen LogP contribution in [0, 0.1) is 13.8 Å². The lowest BCUT2D eigenvalue weighted by Gasteiger charge is -2.15. The number of amides is 1. The van der Waals surface area contributed by atoms with Crippen LogP contribution in [0.25, 0.3) is 22.4 Å². The highest BCUT2D eigenvalue weighted by atomic mass is 19.4. The number of rotatable bonds is 5. The monoisotopic (exact) mass is 504 g/mol. The van der Waals surface area contributed by atoms with E-state index in [1.165, 1.54) is 19.6 Å². The van der Waals surface area contributed by atoms with Crippen molar-refractivity contribution in [3.05, 3.63) is 83.8 Å². The summed E-state index contributed by atoms with van der Waals surface area (Å²) in [5.74, 6) is -0.264. The van der Waals surface area contributed by atoms with Gasteiger partial charge in [-0.15, -0.1) is 0 Å². The largest absolute Gasteiger partial charge is 0.416 e. The van der Waals surface area contributed by atoms with Crippen LogP contribution in [-0.4, -0.2) is 35.8 Å². The number of hydrogen-bond donors (Lipinski definition) is 3. The van der Waals surface area contributed by atoms with Gasteiger partial charge in [-0.25, -0.2) is 19.9 Å². The molecule has 186 valence electrons. The second-order valence-electron chi connectivity index (χ2n) is 8.21. The van der Waals surface area contributed by atoms with E-state index in [-0.39, 0.29) is 11.3 Å². The van der Waals surface area contributed by atoms with Crippen LogP contribution < -0.4 is 10.6 Å². The van der Waals surface area contributed by atoms with Crippen molar-refractivity contribution in [2.24, 2.45) is 0 Å². The fourth-order valence-electron chi connectivity index (χ4n) is 3.78. The van der Waals surface area contributed by atoms with E-state index in [2.05, 4.69) is 40.5 Å². The summed E-state index contributed by atoms with van der Waals surface area (Å²) >= 11 is 0. The third-order valence-electron chi connectivity index (χ3n) is 5.68. The molecule has 4 aromatic heterocycles. The number of nitrogens with one attached hydrogen (secondary N) is 3. The molecule has 4 heterocycles. The Morgan fingerprint density at radius 3 is 2.62 bits per heavy atom. The number of aromatic nitrogens is 6. The normalized spacial score (nSPS) is 11.5. The molecule has 0 aliphatic rings. The molecule has 0 fully saturated rings. The van der Waals surface area contributed by atoms with Crippen LogP contribution in [0.4, 0.5) is 30.4 Å². The fraction of sp³-hybridized carbons (Fsp3) is 0.120. The van der Waals surface area contributed by atoms with Crippen molar-refractivity contribution < 1.29 is 18.0 Å². The second-order valence-corrected chi connectivity index (χ2v) is 8.21. The van der Waals surface area contributed by atoms with E-state index in [1.807, 2.05) is 13.0 Å². The molecule has 0 aliphatic carbocycles. The maximum absolute atomic E-state index is 13.3. The number of carbonyl (C=O) groups is 1. The highest BCUT2D eigenvalue weighted by molar-refractivity contribution is 6.03. The molecule has 5 aromatic rings. The second kappa shape index (κ2) is 9.30. The Hall–Kier alpha value is -4.87. The number of carbonyl (C=O) groups excluding carboxylic acids is 1. The van der Waals surface area contributed by atoms with Gasteiger partial charge in [0.1, 0.15) is 29.0 Å². The van der Waals surface area contributed by atoms with Gasteiger partial charge >= 0.3 is 6.18 Å². The molecule has 3 N–H and O–H groups in total. The van der Waals surface area contributed by atoms with Crippen LogP contribution >= 0.6 is 0 Å². The van der Waals surface area contributed by atoms with Crippen LogP contribution in [0.3, 0.4) is 0 Å². The molecule has 0 radical (unpaired) electrons. The first-order valence-corrected chi connectivity index (χ1v) is 11.0. The van der Waals surface area contributed by atoms with Crippen LogP contribution in [0.1, 0.15) is 27.2 Å². The first-order chi connectivity index (χ1) is 17.7. The van der Waals surface area contributed by atoms with E-state index in [0.29, 0.717) is 39.6 Å². The van der Waals surface area contributed by atoms with Crippen molar-refractivity contribution >= 4 is 34.3 Å². The van der Waals surface area contributed by atoms with Crippen molar-refractivity contribution in [1.82, 2.24) is 29.9 Å². The molecule has 0 saturated heterocycles. The summed E-state index contributed by atoms with van der Waals surface area (Å²) in [6, 6.07) is 9.45. The first kappa shape index (κ1) is 23.9. The zero-order valence-electron chi connectivity index (χ0n) is 19.6. The standard InChI is InChI=1S/C25H19F3N8O/c1-13-5-6-15(35-24(37)19-9-17(25(26,27)28)14(2)10-30-19)8-18(13)36-22-16(4-3-7-29-22)20-21-23(33-11-31-20)34-12-32-21/h3-12H,1-2H3,(H,29,36)(H,35,37)(H,31,32,33,34). The summed E-state index contributed by atoms with van der Waals surface area (Å²) in [5, 5.41) is 5.88. The molecule has 0 unspecified atom stereocenters. The molecular weight excluding hydrogens is 485 g/mol. The predicted octanol–water partition coefficient (Wildman–Crippen LogP) is 5.44. The zero-order chi connectivity index (χ0) is 26.2. The maximum atomic E-state index is 13.3. The van der Waals surface area contributed by atoms with Crippen LogP contribution in [-0.2, 0) is 6.18 Å². The number of halogens is 3. The van der Waals surface area contributed by atoms with E-state index >= 15 is 0 Å². The van der Waals surface area contributed by atoms with E-state index in [1.54, 1.807) is 30.5 Å². The minimum Gasteiger partial charge on any atom is -0.341 e. The summed E-state index contributed by atoms with van der Waals surface area (Å²) in [7, 11) is 0. The van der Waals surface area contributed by atoms with E-state index < -0.39 is 17.6 Å². The number of fused-ring (bicyclic) bond motifs is 1. The quantitative estimate of drug-likeness (QED) is 0.291. The number of alkyl halides is 3. The van der Waals surface area contributed by atoms with Crippen LogP contribution in [0.5, 0.6) is 0 Å². The molecule has 0 bridgehead atoms. The third kappa shape index (κ3) is 4.81. The van der Waals surface area contributed by atoms with Crippen molar-refractivity contribution in [1.29, 1.82) is 0 Å². The van der Waals surface area contributed by atoms with Gasteiger partial charge in [-0.2, -0.15) is 13.2 Å². The highest BCUT2D eigenvalue weighted by Gasteiger charge is 2.33. The Labute approximate surface area is 208 Å². The molecular formula is C25H19F3N8O. The number of imidazole rings is 1. The average molecular weight is 504 g/mol. The number of nitrogens with zero attached hydrogens (tertiary/aromatic N) is 5. The Balaban J connectivity index is 1.44. The molecule has 0 saturated carbocycles. The third-order valence-corrected chi connectivity index (χ3v) is 5.68. The SMILES string of the molecule is Cc1ccc(NC(=O)c2cc(C(F)(F)F)c(C)cn2)cc1Nc1ncccc1-c1ncnc2nc[nH]c12. The summed E-state index contributed by atoms with van der Waals surface area (Å²) in [6.45, 7) is 3.16. The molecule has 0 aliphatic heterocycles. The first-order valence-electron chi connectivity index (χ1n) is 11.0. The van der Waals surface area contributed by atoms with Crippen molar-refractivity contribution in [3.63, 3.8) is 0 Å². The minimum absolute atomic E-state index is 0.0619. The van der Waals surface area contributed by atoms with Gasteiger partial charge in [0.25, 0.3) is 5.91 Å². The molecule has 12 heteroatoms. The molecule has 0 spiro atoms. The maximum Gasteiger partial charge on any atom is 0.416 e. The molecule has 1 aromatic carbocycles.